The first-order valence-electron chi connectivity index (χ1n) is 4.93. The Kier molecular flexibility index (Phi) is 5.12. The zero-order valence-electron chi connectivity index (χ0n) is 8.83. The summed E-state index contributed by atoms with van der Waals surface area (Å²) in [6.45, 7) is 1.16. The molecule has 0 fully saturated rings. The van der Waals surface area contributed by atoms with E-state index in [-0.39, 0.29) is 0 Å². The van der Waals surface area contributed by atoms with Gasteiger partial charge in [0.15, 0.2) is 0 Å². The fourth-order valence-corrected chi connectivity index (χ4v) is 1.52. The fraction of sp³-hybridized carbons (Fsp3) is 0.545. The van der Waals surface area contributed by atoms with Gasteiger partial charge in [0.05, 0.1) is 0 Å². The molecule has 0 amide bonds. The van der Waals surface area contributed by atoms with Gasteiger partial charge in [0.25, 0.3) is 0 Å². The minimum absolute atomic E-state index is 1.05. The molecule has 0 atom stereocenters. The quantitative estimate of drug-likeness (QED) is 0.754. The maximum atomic E-state index is 4.33. The van der Waals surface area contributed by atoms with E-state index in [4.69, 9.17) is 0 Å². The molecule has 1 aromatic heterocycles. The van der Waals surface area contributed by atoms with Gasteiger partial charge < -0.3 is 4.90 Å². The van der Waals surface area contributed by atoms with E-state index >= 15 is 0 Å². The molecular weight excluding hydrogens is 240 g/mol. The van der Waals surface area contributed by atoms with E-state index in [2.05, 4.69) is 46.0 Å². The van der Waals surface area contributed by atoms with Gasteiger partial charge in [0, 0.05) is 16.4 Å². The maximum Gasteiger partial charge on any atom is 0.0413 e. The molecule has 1 rings (SSSR count). The number of halogens is 1. The van der Waals surface area contributed by atoms with Crippen LogP contribution in [0, 0.1) is 0 Å². The van der Waals surface area contributed by atoms with E-state index in [1.807, 2.05) is 12.3 Å². The molecule has 0 aliphatic carbocycles. The van der Waals surface area contributed by atoms with Gasteiger partial charge in [0.1, 0.15) is 0 Å². The van der Waals surface area contributed by atoms with E-state index < -0.39 is 0 Å². The largest absolute Gasteiger partial charge is 0.309 e. The monoisotopic (exact) mass is 256 g/mol. The van der Waals surface area contributed by atoms with Crippen molar-refractivity contribution in [3.63, 3.8) is 0 Å². The van der Waals surface area contributed by atoms with Gasteiger partial charge in [-0.15, -0.1) is 0 Å². The van der Waals surface area contributed by atoms with Crippen molar-refractivity contribution in [3.05, 3.63) is 28.5 Å². The highest BCUT2D eigenvalue weighted by atomic mass is 79.9. The zero-order chi connectivity index (χ0) is 10.4. The summed E-state index contributed by atoms with van der Waals surface area (Å²) in [5.41, 5.74) is 1.19. The summed E-state index contributed by atoms with van der Waals surface area (Å²) >= 11 is 3.38. The van der Waals surface area contributed by atoms with Gasteiger partial charge in [-0.2, -0.15) is 0 Å². The minimum Gasteiger partial charge on any atom is -0.309 e. The van der Waals surface area contributed by atoms with Crippen LogP contribution >= 0.6 is 15.9 Å². The Morgan fingerprint density at radius 2 is 2.07 bits per heavy atom. The molecule has 1 aromatic rings. The van der Waals surface area contributed by atoms with Crippen LogP contribution in [0.3, 0.4) is 0 Å². The highest BCUT2D eigenvalue weighted by Crippen LogP contribution is 2.09. The second-order valence-corrected chi connectivity index (χ2v) is 4.64. The first-order valence-corrected chi connectivity index (χ1v) is 5.73. The predicted octanol–water partition coefficient (Wildman–Crippen LogP) is 2.73. The summed E-state index contributed by atoms with van der Waals surface area (Å²) in [4.78, 5) is 6.55. The predicted molar refractivity (Wildman–Crippen MR) is 63.4 cm³/mol. The average Bonchev–Trinajstić information content (AvgIpc) is 2.15. The maximum absolute atomic E-state index is 4.33. The van der Waals surface area contributed by atoms with Crippen molar-refractivity contribution in [1.82, 2.24) is 9.88 Å². The Bertz CT molecular complexity index is 256. The van der Waals surface area contributed by atoms with Crippen LogP contribution in [-0.4, -0.2) is 30.5 Å². The standard InChI is InChI=1S/C11H17BrN2/c1-14(2)8-4-3-5-11-7-6-10(12)9-13-11/h6-7,9H,3-5,8H2,1-2H3. The van der Waals surface area contributed by atoms with Crippen molar-refractivity contribution in [1.29, 1.82) is 0 Å². The minimum atomic E-state index is 1.05. The molecule has 1 heterocycles. The SMILES string of the molecule is CN(C)CCCCc1ccc(Br)cn1. The molecule has 0 N–H and O–H groups in total. The summed E-state index contributed by atoms with van der Waals surface area (Å²) in [6, 6.07) is 4.13. The molecule has 0 aliphatic heterocycles. The van der Waals surface area contributed by atoms with Crippen molar-refractivity contribution < 1.29 is 0 Å². The lowest BCUT2D eigenvalue weighted by atomic mass is 10.2. The molecule has 0 aliphatic rings. The van der Waals surface area contributed by atoms with Crippen molar-refractivity contribution in [3.8, 4) is 0 Å². The Morgan fingerprint density at radius 1 is 1.29 bits per heavy atom. The van der Waals surface area contributed by atoms with E-state index in [1.54, 1.807) is 0 Å². The Hall–Kier alpha value is -0.410. The van der Waals surface area contributed by atoms with Crippen LogP contribution in [-0.2, 0) is 6.42 Å². The third kappa shape index (κ3) is 4.72. The second-order valence-electron chi connectivity index (χ2n) is 3.73. The second kappa shape index (κ2) is 6.14. The highest BCUT2D eigenvalue weighted by Gasteiger charge is 1.95. The van der Waals surface area contributed by atoms with Crippen LogP contribution in [0.15, 0.2) is 22.8 Å². The first kappa shape index (κ1) is 11.7. The van der Waals surface area contributed by atoms with Crippen LogP contribution < -0.4 is 0 Å². The van der Waals surface area contributed by atoms with Crippen LogP contribution in [0.4, 0.5) is 0 Å². The number of hydrogen-bond donors (Lipinski definition) is 0. The lowest BCUT2D eigenvalue weighted by Gasteiger charge is -2.08. The van der Waals surface area contributed by atoms with Crippen LogP contribution in [0.5, 0.6) is 0 Å². The molecule has 0 unspecified atom stereocenters. The Balaban J connectivity index is 2.21. The van der Waals surface area contributed by atoms with E-state index in [0.717, 1.165) is 17.4 Å². The van der Waals surface area contributed by atoms with Gasteiger partial charge in [0.2, 0.25) is 0 Å². The van der Waals surface area contributed by atoms with Crippen molar-refractivity contribution in [2.45, 2.75) is 19.3 Å². The van der Waals surface area contributed by atoms with Gasteiger partial charge in [-0.3, -0.25) is 4.98 Å². The number of aromatic nitrogens is 1. The topological polar surface area (TPSA) is 16.1 Å². The summed E-state index contributed by atoms with van der Waals surface area (Å²) in [7, 11) is 4.22. The zero-order valence-corrected chi connectivity index (χ0v) is 10.4. The average molecular weight is 257 g/mol. The first-order chi connectivity index (χ1) is 6.68. The summed E-state index contributed by atoms with van der Waals surface area (Å²) in [6.07, 6.45) is 5.40. The summed E-state index contributed by atoms with van der Waals surface area (Å²) in [5, 5.41) is 0. The molecule has 0 bridgehead atoms. The number of unbranched alkanes of at least 4 members (excludes halogenated alkanes) is 1. The van der Waals surface area contributed by atoms with Gasteiger partial charge >= 0.3 is 0 Å². The lowest BCUT2D eigenvalue weighted by molar-refractivity contribution is 0.394. The van der Waals surface area contributed by atoms with Crippen LogP contribution in [0.25, 0.3) is 0 Å². The van der Waals surface area contributed by atoms with E-state index in [0.29, 0.717) is 0 Å². The molecule has 2 nitrogen and oxygen atoms in total. The number of rotatable bonds is 5. The third-order valence-electron chi connectivity index (χ3n) is 2.08. The number of nitrogens with zero attached hydrogens (tertiary/aromatic N) is 2. The Morgan fingerprint density at radius 3 is 2.64 bits per heavy atom. The van der Waals surface area contributed by atoms with Crippen LogP contribution in [0.2, 0.25) is 0 Å². The van der Waals surface area contributed by atoms with Crippen LogP contribution in [0.1, 0.15) is 18.5 Å². The van der Waals surface area contributed by atoms with Crippen molar-refractivity contribution in [2.75, 3.05) is 20.6 Å². The molecule has 0 aromatic carbocycles. The summed E-state index contributed by atoms with van der Waals surface area (Å²) < 4.78 is 1.05. The van der Waals surface area contributed by atoms with E-state index in [9.17, 15) is 0 Å². The molecule has 0 spiro atoms. The summed E-state index contributed by atoms with van der Waals surface area (Å²) in [5.74, 6) is 0. The Labute approximate surface area is 94.5 Å². The number of pyridine rings is 1. The van der Waals surface area contributed by atoms with Crippen molar-refractivity contribution >= 4 is 15.9 Å². The van der Waals surface area contributed by atoms with Gasteiger partial charge in [-0.05, 0) is 68.0 Å². The molecule has 0 saturated carbocycles. The molecular formula is C11H17BrN2. The lowest BCUT2D eigenvalue weighted by Crippen LogP contribution is -2.12. The van der Waals surface area contributed by atoms with Gasteiger partial charge in [-0.25, -0.2) is 0 Å². The number of hydrogen-bond acceptors (Lipinski definition) is 2. The molecule has 0 radical (unpaired) electrons. The molecule has 0 saturated heterocycles. The molecule has 78 valence electrons. The molecule has 3 heteroatoms. The number of aryl methyl sites for hydroxylation is 1. The normalized spacial score (nSPS) is 10.9. The third-order valence-corrected chi connectivity index (χ3v) is 2.55. The highest BCUT2D eigenvalue weighted by molar-refractivity contribution is 9.10. The van der Waals surface area contributed by atoms with E-state index in [1.165, 1.54) is 18.5 Å². The fourth-order valence-electron chi connectivity index (χ4n) is 1.29. The van der Waals surface area contributed by atoms with Gasteiger partial charge in [-0.1, -0.05) is 0 Å². The van der Waals surface area contributed by atoms with Crippen molar-refractivity contribution in [2.24, 2.45) is 0 Å². The molecule has 14 heavy (non-hydrogen) atoms. The smallest absolute Gasteiger partial charge is 0.0413 e.